The van der Waals surface area contributed by atoms with E-state index in [1.807, 2.05) is 30.0 Å². The number of halogens is 2. The number of aliphatic imine (C=N–C) groups is 1. The maximum absolute atomic E-state index is 6.25. The van der Waals surface area contributed by atoms with Gasteiger partial charge in [-0.15, -0.1) is 24.0 Å². The molecule has 0 saturated carbocycles. The quantitative estimate of drug-likeness (QED) is 0.249. The van der Waals surface area contributed by atoms with Gasteiger partial charge in [-0.1, -0.05) is 17.7 Å². The van der Waals surface area contributed by atoms with Crippen LogP contribution in [0.25, 0.3) is 0 Å². The van der Waals surface area contributed by atoms with Crippen LogP contribution in [0.2, 0.25) is 5.02 Å². The van der Waals surface area contributed by atoms with Gasteiger partial charge in [-0.05, 0) is 49.5 Å². The Bertz CT molecular complexity index is 475. The highest BCUT2D eigenvalue weighted by molar-refractivity contribution is 14.0. The monoisotopic (exact) mass is 471 g/mol. The highest BCUT2D eigenvalue weighted by Crippen LogP contribution is 2.22. The van der Waals surface area contributed by atoms with Crippen LogP contribution in [0.4, 0.5) is 0 Å². The lowest BCUT2D eigenvalue weighted by Gasteiger charge is -2.12. The van der Waals surface area contributed by atoms with E-state index in [0.29, 0.717) is 0 Å². The zero-order valence-electron chi connectivity index (χ0n) is 14.0. The molecule has 0 fully saturated rings. The molecule has 0 spiro atoms. The molecule has 0 unspecified atom stereocenters. The first-order valence-corrected chi connectivity index (χ1v) is 9.32. The Balaban J connectivity index is 0.00000484. The van der Waals surface area contributed by atoms with Gasteiger partial charge in [0.25, 0.3) is 0 Å². The van der Waals surface area contributed by atoms with Gasteiger partial charge in [-0.25, -0.2) is 0 Å². The van der Waals surface area contributed by atoms with E-state index < -0.39 is 0 Å². The van der Waals surface area contributed by atoms with Gasteiger partial charge in [0.05, 0.1) is 7.11 Å². The maximum Gasteiger partial charge on any atom is 0.191 e. The standard InChI is InChI=1S/C16H26ClN3OS.HI/c1-4-18-16(19-9-5-11-22-3)20-10-8-13-6-7-14(21-2)12-15(13)17;/h6-7,12H,4-5,8-11H2,1-3H3,(H2,18,19,20);1H. The van der Waals surface area contributed by atoms with E-state index in [2.05, 4.69) is 28.8 Å². The van der Waals surface area contributed by atoms with E-state index in [1.165, 1.54) is 0 Å². The summed E-state index contributed by atoms with van der Waals surface area (Å²) in [5.41, 5.74) is 1.10. The summed E-state index contributed by atoms with van der Waals surface area (Å²) in [6.45, 7) is 4.57. The Morgan fingerprint density at radius 2 is 2.13 bits per heavy atom. The van der Waals surface area contributed by atoms with Crippen LogP contribution in [-0.2, 0) is 6.42 Å². The van der Waals surface area contributed by atoms with E-state index in [9.17, 15) is 0 Å². The molecule has 1 aromatic rings. The first-order valence-electron chi connectivity index (χ1n) is 7.54. The summed E-state index contributed by atoms with van der Waals surface area (Å²) in [6.07, 6.45) is 4.06. The summed E-state index contributed by atoms with van der Waals surface area (Å²) in [4.78, 5) is 4.56. The molecule has 7 heteroatoms. The second-order valence-corrected chi connectivity index (χ2v) is 6.13. The predicted octanol–water partition coefficient (Wildman–Crippen LogP) is 3.82. The van der Waals surface area contributed by atoms with Gasteiger partial charge in [0, 0.05) is 24.7 Å². The van der Waals surface area contributed by atoms with Crippen molar-refractivity contribution in [1.82, 2.24) is 10.6 Å². The lowest BCUT2D eigenvalue weighted by atomic mass is 10.1. The molecular weight excluding hydrogens is 445 g/mol. The molecule has 0 aliphatic heterocycles. The normalized spacial score (nSPS) is 10.9. The molecule has 0 saturated heterocycles. The van der Waals surface area contributed by atoms with Crippen LogP contribution in [0, 0.1) is 0 Å². The number of rotatable bonds is 9. The highest BCUT2D eigenvalue weighted by atomic mass is 127. The minimum atomic E-state index is 0. The molecule has 1 rings (SSSR count). The fourth-order valence-electron chi connectivity index (χ4n) is 1.91. The number of guanidine groups is 1. The zero-order chi connectivity index (χ0) is 16.2. The number of hydrogen-bond donors (Lipinski definition) is 2. The Morgan fingerprint density at radius 1 is 1.35 bits per heavy atom. The van der Waals surface area contributed by atoms with Gasteiger partial charge in [0.2, 0.25) is 0 Å². The molecule has 0 radical (unpaired) electrons. The van der Waals surface area contributed by atoms with Crippen molar-refractivity contribution in [2.45, 2.75) is 19.8 Å². The van der Waals surface area contributed by atoms with Crippen LogP contribution < -0.4 is 15.4 Å². The largest absolute Gasteiger partial charge is 0.497 e. The molecule has 0 heterocycles. The molecule has 0 bridgehead atoms. The molecule has 132 valence electrons. The van der Waals surface area contributed by atoms with Crippen molar-refractivity contribution in [3.8, 4) is 5.75 Å². The second-order valence-electron chi connectivity index (χ2n) is 4.74. The van der Waals surface area contributed by atoms with Crippen molar-refractivity contribution in [2.24, 2.45) is 4.99 Å². The van der Waals surface area contributed by atoms with Gasteiger partial charge >= 0.3 is 0 Å². The van der Waals surface area contributed by atoms with E-state index in [-0.39, 0.29) is 24.0 Å². The zero-order valence-corrected chi connectivity index (χ0v) is 17.9. The van der Waals surface area contributed by atoms with Gasteiger partial charge in [-0.2, -0.15) is 11.8 Å². The molecule has 0 aliphatic carbocycles. The van der Waals surface area contributed by atoms with E-state index in [0.717, 1.165) is 60.5 Å². The SMILES string of the molecule is CCNC(=NCCCSC)NCCc1ccc(OC)cc1Cl.I. The maximum atomic E-state index is 6.25. The van der Waals surface area contributed by atoms with Gasteiger partial charge in [0.15, 0.2) is 5.96 Å². The summed E-state index contributed by atoms with van der Waals surface area (Å²) in [5, 5.41) is 7.34. The van der Waals surface area contributed by atoms with Crippen molar-refractivity contribution in [1.29, 1.82) is 0 Å². The number of hydrogen-bond acceptors (Lipinski definition) is 3. The topological polar surface area (TPSA) is 45.7 Å². The van der Waals surface area contributed by atoms with Crippen molar-refractivity contribution in [2.75, 3.05) is 38.8 Å². The van der Waals surface area contributed by atoms with Gasteiger partial charge in [0.1, 0.15) is 5.75 Å². The Morgan fingerprint density at radius 3 is 2.74 bits per heavy atom. The van der Waals surface area contributed by atoms with Crippen LogP contribution in [0.5, 0.6) is 5.75 Å². The summed E-state index contributed by atoms with van der Waals surface area (Å²) >= 11 is 8.10. The van der Waals surface area contributed by atoms with Crippen molar-refractivity contribution in [3.63, 3.8) is 0 Å². The molecular formula is C16H27ClIN3OS. The Kier molecular flexibility index (Phi) is 13.8. The minimum Gasteiger partial charge on any atom is -0.497 e. The third kappa shape index (κ3) is 9.52. The van der Waals surface area contributed by atoms with Crippen LogP contribution in [0.1, 0.15) is 18.9 Å². The third-order valence-electron chi connectivity index (χ3n) is 3.07. The first-order chi connectivity index (χ1) is 10.7. The lowest BCUT2D eigenvalue weighted by molar-refractivity contribution is 0.414. The van der Waals surface area contributed by atoms with Crippen LogP contribution in [-0.4, -0.2) is 44.7 Å². The van der Waals surface area contributed by atoms with E-state index in [1.54, 1.807) is 7.11 Å². The number of nitrogens with zero attached hydrogens (tertiary/aromatic N) is 1. The molecule has 0 atom stereocenters. The summed E-state index contributed by atoms with van der Waals surface area (Å²) in [5.74, 6) is 2.79. The third-order valence-corrected chi connectivity index (χ3v) is 4.12. The fraction of sp³-hybridized carbons (Fsp3) is 0.562. The molecule has 2 N–H and O–H groups in total. The predicted molar refractivity (Wildman–Crippen MR) is 114 cm³/mol. The van der Waals surface area contributed by atoms with Crippen molar-refractivity contribution in [3.05, 3.63) is 28.8 Å². The highest BCUT2D eigenvalue weighted by Gasteiger charge is 2.03. The fourth-order valence-corrected chi connectivity index (χ4v) is 2.60. The molecule has 0 amide bonds. The number of benzene rings is 1. The van der Waals surface area contributed by atoms with E-state index in [4.69, 9.17) is 16.3 Å². The molecule has 4 nitrogen and oxygen atoms in total. The van der Waals surface area contributed by atoms with Crippen LogP contribution >= 0.6 is 47.3 Å². The molecule has 0 aliphatic rings. The van der Waals surface area contributed by atoms with Crippen molar-refractivity contribution < 1.29 is 4.74 Å². The average molecular weight is 472 g/mol. The van der Waals surface area contributed by atoms with Gasteiger partial charge in [-0.3, -0.25) is 4.99 Å². The number of ether oxygens (including phenoxy) is 1. The average Bonchev–Trinajstić information content (AvgIpc) is 2.52. The van der Waals surface area contributed by atoms with Gasteiger partial charge < -0.3 is 15.4 Å². The molecule has 23 heavy (non-hydrogen) atoms. The number of nitrogens with one attached hydrogen (secondary N) is 2. The summed E-state index contributed by atoms with van der Waals surface area (Å²) in [7, 11) is 1.64. The molecule has 1 aromatic carbocycles. The Hall–Kier alpha value is -0.340. The lowest BCUT2D eigenvalue weighted by Crippen LogP contribution is -2.38. The second kappa shape index (κ2) is 14.0. The first kappa shape index (κ1) is 22.7. The van der Waals surface area contributed by atoms with Crippen LogP contribution in [0.15, 0.2) is 23.2 Å². The summed E-state index contributed by atoms with van der Waals surface area (Å²) < 4.78 is 5.16. The Labute approximate surface area is 166 Å². The van der Waals surface area contributed by atoms with Crippen LogP contribution in [0.3, 0.4) is 0 Å². The summed E-state index contributed by atoms with van der Waals surface area (Å²) in [6, 6.07) is 5.78. The van der Waals surface area contributed by atoms with Crippen molar-refractivity contribution >= 4 is 53.3 Å². The number of thioether (sulfide) groups is 1. The number of methoxy groups -OCH3 is 1. The molecule has 0 aromatic heterocycles. The van der Waals surface area contributed by atoms with E-state index >= 15 is 0 Å². The minimum absolute atomic E-state index is 0. The smallest absolute Gasteiger partial charge is 0.191 e.